The topological polar surface area (TPSA) is 90.7 Å². The van der Waals surface area contributed by atoms with E-state index in [-0.39, 0.29) is 11.4 Å². The van der Waals surface area contributed by atoms with Crippen molar-refractivity contribution in [2.45, 2.75) is 6.61 Å². The van der Waals surface area contributed by atoms with Gasteiger partial charge in [0.2, 0.25) is 5.91 Å². The number of nitro groups is 1. The average molecular weight is 404 g/mol. The molecule has 0 aliphatic carbocycles. The minimum atomic E-state index is -0.535. The molecule has 1 N–H and O–H groups in total. The standard InChI is InChI=1S/C23H20N2O5/c1-29-22-13-10-19(25(27)28)15-21(22)24-23(26)14-9-17-7-11-20(12-8-17)30-16-18-5-3-2-4-6-18/h2-15H,16H2,1H3,(H,24,26). The lowest BCUT2D eigenvalue weighted by Crippen LogP contribution is -2.09. The number of anilines is 1. The van der Waals surface area contributed by atoms with E-state index < -0.39 is 10.8 Å². The van der Waals surface area contributed by atoms with E-state index in [0.717, 1.165) is 16.9 Å². The Kier molecular flexibility index (Phi) is 6.78. The van der Waals surface area contributed by atoms with E-state index in [1.807, 2.05) is 54.6 Å². The van der Waals surface area contributed by atoms with Gasteiger partial charge in [0.25, 0.3) is 5.69 Å². The Morgan fingerprint density at radius 1 is 1.07 bits per heavy atom. The summed E-state index contributed by atoms with van der Waals surface area (Å²) in [6.07, 6.45) is 2.98. The number of nitrogens with one attached hydrogen (secondary N) is 1. The highest BCUT2D eigenvalue weighted by Gasteiger charge is 2.12. The second-order valence-corrected chi connectivity index (χ2v) is 6.31. The fourth-order valence-electron chi connectivity index (χ4n) is 2.67. The fourth-order valence-corrected chi connectivity index (χ4v) is 2.67. The first-order valence-electron chi connectivity index (χ1n) is 9.13. The monoisotopic (exact) mass is 404 g/mol. The lowest BCUT2D eigenvalue weighted by Gasteiger charge is -2.08. The molecule has 3 aromatic carbocycles. The lowest BCUT2D eigenvalue weighted by atomic mass is 10.2. The van der Waals surface area contributed by atoms with E-state index >= 15 is 0 Å². The third kappa shape index (κ3) is 5.68. The summed E-state index contributed by atoms with van der Waals surface area (Å²) >= 11 is 0. The molecule has 0 fully saturated rings. The van der Waals surface area contributed by atoms with Crippen molar-refractivity contribution < 1.29 is 19.2 Å². The van der Waals surface area contributed by atoms with Crippen LogP contribution >= 0.6 is 0 Å². The molecule has 7 nitrogen and oxygen atoms in total. The zero-order valence-corrected chi connectivity index (χ0v) is 16.3. The van der Waals surface area contributed by atoms with Crippen LogP contribution in [0.4, 0.5) is 11.4 Å². The maximum absolute atomic E-state index is 12.2. The van der Waals surface area contributed by atoms with Crippen LogP contribution in [0.3, 0.4) is 0 Å². The van der Waals surface area contributed by atoms with Crippen LogP contribution in [0, 0.1) is 10.1 Å². The Morgan fingerprint density at radius 3 is 2.47 bits per heavy atom. The van der Waals surface area contributed by atoms with Crippen LogP contribution in [0.25, 0.3) is 6.08 Å². The number of carbonyl (C=O) groups is 1. The maximum atomic E-state index is 12.2. The first-order chi connectivity index (χ1) is 14.5. The molecule has 1 amide bonds. The Labute approximate surface area is 173 Å². The van der Waals surface area contributed by atoms with Gasteiger partial charge in [-0.1, -0.05) is 42.5 Å². The highest BCUT2D eigenvalue weighted by atomic mass is 16.6. The second kappa shape index (κ2) is 9.88. The summed E-state index contributed by atoms with van der Waals surface area (Å²) in [6, 6.07) is 21.2. The molecule has 0 unspecified atom stereocenters. The van der Waals surface area contributed by atoms with Crippen molar-refractivity contribution in [3.63, 3.8) is 0 Å². The van der Waals surface area contributed by atoms with Crippen LogP contribution in [0.2, 0.25) is 0 Å². The number of carbonyl (C=O) groups excluding carboxylic acids is 1. The highest BCUT2D eigenvalue weighted by Crippen LogP contribution is 2.28. The van der Waals surface area contributed by atoms with Crippen LogP contribution < -0.4 is 14.8 Å². The van der Waals surface area contributed by atoms with E-state index in [9.17, 15) is 14.9 Å². The van der Waals surface area contributed by atoms with Gasteiger partial charge < -0.3 is 14.8 Å². The molecule has 152 valence electrons. The molecule has 3 rings (SSSR count). The molecule has 0 aliphatic rings. The molecule has 30 heavy (non-hydrogen) atoms. The minimum Gasteiger partial charge on any atom is -0.495 e. The highest BCUT2D eigenvalue weighted by molar-refractivity contribution is 6.03. The second-order valence-electron chi connectivity index (χ2n) is 6.31. The number of hydrogen-bond acceptors (Lipinski definition) is 5. The molecule has 0 bridgehead atoms. The van der Waals surface area contributed by atoms with Gasteiger partial charge in [-0.3, -0.25) is 14.9 Å². The smallest absolute Gasteiger partial charge is 0.271 e. The van der Waals surface area contributed by atoms with Crippen LogP contribution in [0.15, 0.2) is 78.9 Å². The van der Waals surface area contributed by atoms with Gasteiger partial charge in [0.05, 0.1) is 17.7 Å². The molecule has 0 atom stereocenters. The molecule has 0 spiro atoms. The summed E-state index contributed by atoms with van der Waals surface area (Å²) in [6.45, 7) is 0.476. The molecule has 0 radical (unpaired) electrons. The molecule has 3 aromatic rings. The number of amides is 1. The van der Waals surface area contributed by atoms with Gasteiger partial charge in [0.1, 0.15) is 18.1 Å². The number of nitrogens with zero attached hydrogens (tertiary/aromatic N) is 1. The van der Waals surface area contributed by atoms with Crippen molar-refractivity contribution in [3.05, 3.63) is 100 Å². The van der Waals surface area contributed by atoms with E-state index in [1.165, 1.54) is 31.4 Å². The summed E-state index contributed by atoms with van der Waals surface area (Å²) in [5, 5.41) is 13.5. The summed E-state index contributed by atoms with van der Waals surface area (Å²) in [5.41, 5.74) is 1.98. The van der Waals surface area contributed by atoms with Gasteiger partial charge >= 0.3 is 0 Å². The molecular formula is C23H20N2O5. The normalized spacial score (nSPS) is 10.6. The van der Waals surface area contributed by atoms with E-state index in [4.69, 9.17) is 9.47 Å². The van der Waals surface area contributed by atoms with Gasteiger partial charge in [0, 0.05) is 18.2 Å². The predicted octanol–water partition coefficient (Wildman–Crippen LogP) is 4.83. The van der Waals surface area contributed by atoms with Crippen LogP contribution in [-0.4, -0.2) is 17.9 Å². The van der Waals surface area contributed by atoms with Gasteiger partial charge in [-0.25, -0.2) is 0 Å². The SMILES string of the molecule is COc1ccc([N+](=O)[O-])cc1NC(=O)C=Cc1ccc(OCc2ccccc2)cc1. The molecule has 0 heterocycles. The Morgan fingerprint density at radius 2 is 1.80 bits per heavy atom. The average Bonchev–Trinajstić information content (AvgIpc) is 2.77. The molecule has 0 aliphatic heterocycles. The number of nitro benzene ring substituents is 1. The van der Waals surface area contributed by atoms with E-state index in [0.29, 0.717) is 12.4 Å². The Balaban J connectivity index is 1.59. The van der Waals surface area contributed by atoms with Gasteiger partial charge in [0.15, 0.2) is 0 Å². The van der Waals surface area contributed by atoms with Gasteiger partial charge in [-0.05, 0) is 35.4 Å². The van der Waals surface area contributed by atoms with Crippen molar-refractivity contribution in [3.8, 4) is 11.5 Å². The number of ether oxygens (including phenoxy) is 2. The zero-order valence-electron chi connectivity index (χ0n) is 16.3. The molecule has 0 saturated carbocycles. The summed E-state index contributed by atoms with van der Waals surface area (Å²) in [7, 11) is 1.42. The minimum absolute atomic E-state index is 0.138. The van der Waals surface area contributed by atoms with Crippen molar-refractivity contribution in [2.75, 3.05) is 12.4 Å². The number of non-ortho nitro benzene ring substituents is 1. The van der Waals surface area contributed by atoms with Crippen LogP contribution in [0.1, 0.15) is 11.1 Å². The molecular weight excluding hydrogens is 384 g/mol. The number of benzene rings is 3. The summed E-state index contributed by atoms with van der Waals surface area (Å²) in [4.78, 5) is 22.6. The van der Waals surface area contributed by atoms with Crippen LogP contribution in [-0.2, 0) is 11.4 Å². The number of rotatable bonds is 8. The number of hydrogen-bond donors (Lipinski definition) is 1. The van der Waals surface area contributed by atoms with E-state index in [2.05, 4.69) is 5.32 Å². The fraction of sp³-hybridized carbons (Fsp3) is 0.0870. The largest absolute Gasteiger partial charge is 0.495 e. The van der Waals surface area contributed by atoms with E-state index in [1.54, 1.807) is 6.08 Å². The van der Waals surface area contributed by atoms with Crippen molar-refractivity contribution in [1.82, 2.24) is 0 Å². The Bertz CT molecular complexity index is 1050. The van der Waals surface area contributed by atoms with Crippen molar-refractivity contribution in [2.24, 2.45) is 0 Å². The van der Waals surface area contributed by atoms with Crippen molar-refractivity contribution in [1.29, 1.82) is 0 Å². The molecule has 0 saturated heterocycles. The quantitative estimate of drug-likeness (QED) is 0.330. The maximum Gasteiger partial charge on any atom is 0.271 e. The summed E-state index contributed by atoms with van der Waals surface area (Å²) < 4.78 is 10.9. The van der Waals surface area contributed by atoms with Crippen molar-refractivity contribution >= 4 is 23.4 Å². The third-order valence-electron chi connectivity index (χ3n) is 4.21. The van der Waals surface area contributed by atoms with Gasteiger partial charge in [-0.15, -0.1) is 0 Å². The number of methoxy groups -OCH3 is 1. The summed E-state index contributed by atoms with van der Waals surface area (Å²) in [5.74, 6) is 0.627. The zero-order chi connectivity index (χ0) is 21.3. The first kappa shape index (κ1) is 20.6. The third-order valence-corrected chi connectivity index (χ3v) is 4.21. The van der Waals surface area contributed by atoms with Crippen LogP contribution in [0.5, 0.6) is 11.5 Å². The first-order valence-corrected chi connectivity index (χ1v) is 9.13. The Hall–Kier alpha value is -4.13. The van der Waals surface area contributed by atoms with Gasteiger partial charge in [-0.2, -0.15) is 0 Å². The molecule has 7 heteroatoms. The predicted molar refractivity (Wildman–Crippen MR) is 115 cm³/mol. The lowest BCUT2D eigenvalue weighted by molar-refractivity contribution is -0.384. The molecule has 0 aromatic heterocycles.